The van der Waals surface area contributed by atoms with Gasteiger partial charge in [0.05, 0.1) is 6.61 Å². The molecule has 0 aliphatic carbocycles. The molecule has 1 atom stereocenters. The van der Waals surface area contributed by atoms with Crippen LogP contribution in [0.2, 0.25) is 0 Å². The fraction of sp³-hybridized carbons (Fsp3) is 0.600. The van der Waals surface area contributed by atoms with Gasteiger partial charge in [0, 0.05) is 6.04 Å². The molecule has 0 fully saturated rings. The Kier molecular flexibility index (Phi) is 5.01. The van der Waals surface area contributed by atoms with E-state index in [1.807, 2.05) is 13.1 Å². The fourth-order valence-corrected chi connectivity index (χ4v) is 1.70. The van der Waals surface area contributed by atoms with Crippen molar-refractivity contribution in [2.75, 3.05) is 13.7 Å². The van der Waals surface area contributed by atoms with Gasteiger partial charge < -0.3 is 10.1 Å². The Labute approximate surface area is 105 Å². The minimum Gasteiger partial charge on any atom is -0.493 e. The van der Waals surface area contributed by atoms with Crippen molar-refractivity contribution in [3.05, 3.63) is 29.8 Å². The molecular formula is C15H25NO. The summed E-state index contributed by atoms with van der Waals surface area (Å²) in [7, 11) is 1.98. The topological polar surface area (TPSA) is 21.3 Å². The van der Waals surface area contributed by atoms with Crippen LogP contribution in [-0.2, 0) is 5.41 Å². The molecule has 0 saturated heterocycles. The number of rotatable bonds is 5. The van der Waals surface area contributed by atoms with Crippen molar-refractivity contribution < 1.29 is 4.74 Å². The molecule has 1 rings (SSSR count). The zero-order valence-electron chi connectivity index (χ0n) is 11.7. The summed E-state index contributed by atoms with van der Waals surface area (Å²) in [5, 5.41) is 3.22. The van der Waals surface area contributed by atoms with E-state index in [0.717, 1.165) is 18.8 Å². The Bertz CT molecular complexity index is 341. The Hall–Kier alpha value is -1.02. The van der Waals surface area contributed by atoms with E-state index >= 15 is 0 Å². The SMILES string of the molecule is CNC(C)CCOc1ccccc1C(C)(C)C. The Balaban J connectivity index is 2.65. The van der Waals surface area contributed by atoms with E-state index in [1.165, 1.54) is 5.56 Å². The van der Waals surface area contributed by atoms with E-state index in [4.69, 9.17) is 4.74 Å². The predicted octanol–water partition coefficient (Wildman–Crippen LogP) is 3.36. The Morgan fingerprint density at radius 3 is 2.47 bits per heavy atom. The highest BCUT2D eigenvalue weighted by atomic mass is 16.5. The molecule has 0 bridgehead atoms. The van der Waals surface area contributed by atoms with Gasteiger partial charge in [-0.1, -0.05) is 39.0 Å². The smallest absolute Gasteiger partial charge is 0.123 e. The molecule has 0 aliphatic rings. The van der Waals surface area contributed by atoms with Crippen molar-refractivity contribution in [3.63, 3.8) is 0 Å². The average Bonchev–Trinajstić information content (AvgIpc) is 2.28. The van der Waals surface area contributed by atoms with Gasteiger partial charge in [0.15, 0.2) is 0 Å². The quantitative estimate of drug-likeness (QED) is 0.845. The number of ether oxygens (including phenoxy) is 1. The molecular weight excluding hydrogens is 210 g/mol. The summed E-state index contributed by atoms with van der Waals surface area (Å²) < 4.78 is 5.90. The van der Waals surface area contributed by atoms with Crippen LogP contribution < -0.4 is 10.1 Å². The van der Waals surface area contributed by atoms with Crippen LogP contribution in [0.25, 0.3) is 0 Å². The van der Waals surface area contributed by atoms with Gasteiger partial charge in [-0.3, -0.25) is 0 Å². The lowest BCUT2D eigenvalue weighted by atomic mass is 9.86. The lowest BCUT2D eigenvalue weighted by Gasteiger charge is -2.23. The van der Waals surface area contributed by atoms with Crippen LogP contribution in [0.4, 0.5) is 0 Å². The lowest BCUT2D eigenvalue weighted by molar-refractivity contribution is 0.286. The highest BCUT2D eigenvalue weighted by Gasteiger charge is 2.18. The first kappa shape index (κ1) is 14.0. The maximum atomic E-state index is 5.90. The summed E-state index contributed by atoms with van der Waals surface area (Å²) in [6, 6.07) is 8.81. The van der Waals surface area contributed by atoms with Crippen molar-refractivity contribution in [2.45, 2.75) is 45.6 Å². The highest BCUT2D eigenvalue weighted by Crippen LogP contribution is 2.30. The van der Waals surface area contributed by atoms with Crippen molar-refractivity contribution in [3.8, 4) is 5.75 Å². The van der Waals surface area contributed by atoms with E-state index in [9.17, 15) is 0 Å². The summed E-state index contributed by atoms with van der Waals surface area (Å²) in [6.07, 6.45) is 1.02. The van der Waals surface area contributed by atoms with Gasteiger partial charge in [-0.15, -0.1) is 0 Å². The molecule has 0 heterocycles. The first-order chi connectivity index (χ1) is 7.95. The van der Waals surface area contributed by atoms with Crippen molar-refractivity contribution >= 4 is 0 Å². The molecule has 0 aliphatic heterocycles. The highest BCUT2D eigenvalue weighted by molar-refractivity contribution is 5.38. The standard InChI is InChI=1S/C15H25NO/c1-12(16-5)10-11-17-14-9-7-6-8-13(14)15(2,3)4/h6-9,12,16H,10-11H2,1-5H3. The Morgan fingerprint density at radius 2 is 1.88 bits per heavy atom. The third kappa shape index (κ3) is 4.39. The van der Waals surface area contributed by atoms with Gasteiger partial charge in [-0.2, -0.15) is 0 Å². The van der Waals surface area contributed by atoms with Crippen LogP contribution in [-0.4, -0.2) is 19.7 Å². The van der Waals surface area contributed by atoms with Gasteiger partial charge in [-0.25, -0.2) is 0 Å². The number of hydrogen-bond donors (Lipinski definition) is 1. The second kappa shape index (κ2) is 6.06. The summed E-state index contributed by atoms with van der Waals surface area (Å²) in [5.41, 5.74) is 1.41. The van der Waals surface area contributed by atoms with Crippen LogP contribution in [0, 0.1) is 0 Å². The monoisotopic (exact) mass is 235 g/mol. The molecule has 0 saturated carbocycles. The Morgan fingerprint density at radius 1 is 1.24 bits per heavy atom. The maximum absolute atomic E-state index is 5.90. The molecule has 1 aromatic rings. The third-order valence-corrected chi connectivity index (χ3v) is 3.00. The molecule has 1 N–H and O–H groups in total. The number of hydrogen-bond acceptors (Lipinski definition) is 2. The van der Waals surface area contributed by atoms with E-state index in [1.54, 1.807) is 0 Å². The molecule has 0 amide bonds. The zero-order chi connectivity index (χ0) is 12.9. The largest absolute Gasteiger partial charge is 0.493 e. The zero-order valence-corrected chi connectivity index (χ0v) is 11.7. The minimum absolute atomic E-state index is 0.130. The van der Waals surface area contributed by atoms with Gasteiger partial charge in [0.25, 0.3) is 0 Å². The van der Waals surface area contributed by atoms with Crippen molar-refractivity contribution in [1.82, 2.24) is 5.32 Å². The van der Waals surface area contributed by atoms with Crippen LogP contribution in [0.3, 0.4) is 0 Å². The van der Waals surface area contributed by atoms with Crippen LogP contribution in [0.15, 0.2) is 24.3 Å². The predicted molar refractivity (Wildman–Crippen MR) is 73.8 cm³/mol. The molecule has 0 radical (unpaired) electrons. The third-order valence-electron chi connectivity index (χ3n) is 3.00. The maximum Gasteiger partial charge on any atom is 0.123 e. The van der Waals surface area contributed by atoms with E-state index < -0.39 is 0 Å². The molecule has 0 spiro atoms. The first-order valence-corrected chi connectivity index (χ1v) is 6.34. The van der Waals surface area contributed by atoms with Crippen molar-refractivity contribution in [2.24, 2.45) is 0 Å². The van der Waals surface area contributed by atoms with E-state index in [2.05, 4.69) is 51.2 Å². The summed E-state index contributed by atoms with van der Waals surface area (Å²) in [4.78, 5) is 0. The van der Waals surface area contributed by atoms with E-state index in [-0.39, 0.29) is 5.41 Å². The van der Waals surface area contributed by atoms with Gasteiger partial charge in [-0.05, 0) is 37.4 Å². The lowest BCUT2D eigenvalue weighted by Crippen LogP contribution is -2.23. The summed E-state index contributed by atoms with van der Waals surface area (Å²) in [6.45, 7) is 9.57. The second-order valence-corrected chi connectivity index (χ2v) is 5.57. The molecule has 1 aromatic carbocycles. The molecule has 2 nitrogen and oxygen atoms in total. The summed E-state index contributed by atoms with van der Waals surface area (Å²) in [5.74, 6) is 1.02. The van der Waals surface area contributed by atoms with E-state index in [0.29, 0.717) is 6.04 Å². The van der Waals surface area contributed by atoms with Gasteiger partial charge in [0.1, 0.15) is 5.75 Å². The van der Waals surface area contributed by atoms with Gasteiger partial charge in [0.2, 0.25) is 0 Å². The van der Waals surface area contributed by atoms with Crippen LogP contribution >= 0.6 is 0 Å². The molecule has 1 unspecified atom stereocenters. The average molecular weight is 235 g/mol. The number of para-hydroxylation sites is 1. The van der Waals surface area contributed by atoms with Crippen molar-refractivity contribution in [1.29, 1.82) is 0 Å². The molecule has 17 heavy (non-hydrogen) atoms. The van der Waals surface area contributed by atoms with Gasteiger partial charge >= 0.3 is 0 Å². The normalized spacial score (nSPS) is 13.5. The number of nitrogens with one attached hydrogen (secondary N) is 1. The molecule has 2 heteroatoms. The molecule has 96 valence electrons. The number of benzene rings is 1. The minimum atomic E-state index is 0.130. The van der Waals surface area contributed by atoms with Crippen LogP contribution in [0.5, 0.6) is 5.75 Å². The second-order valence-electron chi connectivity index (χ2n) is 5.57. The van der Waals surface area contributed by atoms with Crippen LogP contribution in [0.1, 0.15) is 39.7 Å². The molecule has 0 aromatic heterocycles. The first-order valence-electron chi connectivity index (χ1n) is 6.34. The fourth-order valence-electron chi connectivity index (χ4n) is 1.70. The summed E-state index contributed by atoms with van der Waals surface area (Å²) >= 11 is 0.